The number of hydrogen-bond acceptors (Lipinski definition) is 8. The second-order valence-electron chi connectivity index (χ2n) is 14.7. The molecule has 0 aromatic heterocycles. The van der Waals surface area contributed by atoms with Crippen LogP contribution in [0.2, 0.25) is 0 Å². The Morgan fingerprint density at radius 2 is 1.61 bits per heavy atom. The van der Waals surface area contributed by atoms with Crippen LogP contribution in [-0.2, 0) is 28.7 Å². The van der Waals surface area contributed by atoms with Crippen molar-refractivity contribution in [1.82, 2.24) is 20.9 Å². The number of ether oxygens (including phenoxy) is 2. The van der Waals surface area contributed by atoms with E-state index in [9.17, 15) is 28.8 Å². The van der Waals surface area contributed by atoms with Crippen LogP contribution >= 0.6 is 0 Å². The molecule has 2 unspecified atom stereocenters. The van der Waals surface area contributed by atoms with Crippen molar-refractivity contribution in [3.63, 3.8) is 0 Å². The van der Waals surface area contributed by atoms with Crippen molar-refractivity contribution in [2.75, 3.05) is 20.3 Å². The lowest BCUT2D eigenvalue weighted by molar-refractivity contribution is -0.145. The highest BCUT2D eigenvalue weighted by Crippen LogP contribution is 2.65. The minimum atomic E-state index is -1.10. The topological polar surface area (TPSA) is 186 Å². The normalized spacial score (nSPS) is 26.0. The van der Waals surface area contributed by atoms with Gasteiger partial charge in [0, 0.05) is 6.54 Å². The molecule has 6 atom stereocenters. The van der Waals surface area contributed by atoms with Crippen LogP contribution < -0.4 is 21.7 Å². The largest absolute Gasteiger partial charge is 0.508 e. The van der Waals surface area contributed by atoms with Gasteiger partial charge in [-0.2, -0.15) is 0 Å². The number of methoxy groups -OCH3 is 1. The van der Waals surface area contributed by atoms with Crippen molar-refractivity contribution in [3.8, 4) is 0 Å². The van der Waals surface area contributed by atoms with Crippen LogP contribution in [-0.4, -0.2) is 85.0 Å². The summed E-state index contributed by atoms with van der Waals surface area (Å²) in [4.78, 5) is 78.8. The minimum absolute atomic E-state index is 0.0578. The number of fused-ring (bicyclic) bond motifs is 1. The number of hydrogen-bond donors (Lipinski definition) is 4. The lowest BCUT2D eigenvalue weighted by atomic mass is 9.85. The Bertz CT molecular complexity index is 1160. The molecule has 4 fully saturated rings. The molecule has 3 saturated carbocycles. The number of likely N-dealkylation sites (tertiary alicyclic amines) is 1. The number of ketones is 1. The average molecular weight is 620 g/mol. The van der Waals surface area contributed by atoms with Gasteiger partial charge in [-0.3, -0.25) is 19.2 Å². The summed E-state index contributed by atoms with van der Waals surface area (Å²) in [6.07, 6.45) is 5.10. The Morgan fingerprint density at radius 3 is 2.16 bits per heavy atom. The third kappa shape index (κ3) is 7.46. The van der Waals surface area contributed by atoms with Crippen LogP contribution in [0.4, 0.5) is 9.59 Å². The molecule has 0 spiro atoms. The van der Waals surface area contributed by atoms with E-state index in [2.05, 4.69) is 20.7 Å². The lowest BCUT2D eigenvalue weighted by Gasteiger charge is -2.38. The third-order valence-corrected chi connectivity index (χ3v) is 10.1. The van der Waals surface area contributed by atoms with Crippen molar-refractivity contribution in [1.29, 1.82) is 0 Å². The number of urea groups is 1. The number of piperidine rings is 1. The van der Waals surface area contributed by atoms with Gasteiger partial charge < -0.3 is 36.1 Å². The van der Waals surface area contributed by atoms with Crippen LogP contribution in [0.5, 0.6) is 0 Å². The quantitative estimate of drug-likeness (QED) is 0.188. The zero-order valence-electron chi connectivity index (χ0n) is 26.8. The Kier molecular flexibility index (Phi) is 9.84. The summed E-state index contributed by atoms with van der Waals surface area (Å²) in [6.45, 7) is 9.87. The molecule has 44 heavy (non-hydrogen) atoms. The Morgan fingerprint density at radius 1 is 0.977 bits per heavy atom. The molecule has 13 heteroatoms. The SMILES string of the molecule is COC(=O)OC[C@@H](NC(=O)N[C@H](C(=O)N1C[C@H]2[C@@H](C1C(=O)NC(CC1CC1)C(=O)C(N)=O)C2(C)C)C(C)(C)C)C1CCCC1. The molecule has 1 aliphatic heterocycles. The molecule has 5 N–H and O–H groups in total. The number of nitrogens with one attached hydrogen (secondary N) is 3. The smallest absolute Gasteiger partial charge is 0.438 e. The van der Waals surface area contributed by atoms with E-state index in [1.165, 1.54) is 12.0 Å². The van der Waals surface area contributed by atoms with E-state index in [0.29, 0.717) is 13.0 Å². The van der Waals surface area contributed by atoms with E-state index < -0.39 is 65.3 Å². The first kappa shape index (κ1) is 33.5. The molecule has 4 rings (SSSR count). The molecule has 4 aliphatic rings. The van der Waals surface area contributed by atoms with Gasteiger partial charge in [0.1, 0.15) is 18.7 Å². The van der Waals surface area contributed by atoms with E-state index in [-0.39, 0.29) is 35.7 Å². The second kappa shape index (κ2) is 12.9. The summed E-state index contributed by atoms with van der Waals surface area (Å²) in [5.41, 5.74) is 4.38. The molecule has 1 saturated heterocycles. The molecular formula is C31H49N5O8. The van der Waals surface area contributed by atoms with Crippen molar-refractivity contribution < 1.29 is 38.2 Å². The molecule has 0 aromatic carbocycles. The fourth-order valence-electron chi connectivity index (χ4n) is 7.19. The zero-order chi connectivity index (χ0) is 32.6. The molecule has 0 radical (unpaired) electrons. The van der Waals surface area contributed by atoms with Crippen LogP contribution in [0, 0.1) is 34.5 Å². The van der Waals surface area contributed by atoms with Crippen molar-refractivity contribution in [3.05, 3.63) is 0 Å². The van der Waals surface area contributed by atoms with Crippen molar-refractivity contribution >= 4 is 35.7 Å². The number of rotatable bonds is 12. The first-order valence-corrected chi connectivity index (χ1v) is 15.8. The maximum Gasteiger partial charge on any atom is 0.508 e. The fraction of sp³-hybridized carbons (Fsp3) is 0.806. The van der Waals surface area contributed by atoms with Crippen molar-refractivity contribution in [2.24, 2.45) is 40.2 Å². The van der Waals surface area contributed by atoms with Gasteiger partial charge >= 0.3 is 12.2 Å². The first-order valence-electron chi connectivity index (χ1n) is 15.8. The van der Waals surface area contributed by atoms with Gasteiger partial charge in [0.05, 0.1) is 19.2 Å². The molecule has 0 bridgehead atoms. The average Bonchev–Trinajstić information content (AvgIpc) is 3.65. The van der Waals surface area contributed by atoms with Crippen LogP contribution in [0.1, 0.15) is 79.6 Å². The van der Waals surface area contributed by atoms with Crippen molar-refractivity contribution in [2.45, 2.75) is 104 Å². The standard InChI is InChI=1S/C31H49N5O8/c1-30(2,3)24(35-28(41)34-20(15-44-29(42)43-6)17-9-7-8-10-17)27(40)36-14-18-21(31(18,4)5)22(36)26(39)33-19(13-16-11-12-16)23(37)25(32)38/h16-22,24H,7-15H2,1-6H3,(H2,32,38)(H,33,39)(H2,34,35,41)/t18-,19?,20+,21-,22?,24+/m0/s1. The van der Waals surface area contributed by atoms with E-state index in [0.717, 1.165) is 38.5 Å². The van der Waals surface area contributed by atoms with E-state index in [1.54, 1.807) is 0 Å². The Labute approximate surface area is 259 Å². The summed E-state index contributed by atoms with van der Waals surface area (Å²) in [7, 11) is 1.21. The number of nitrogens with zero attached hydrogens (tertiary/aromatic N) is 1. The fourth-order valence-corrected chi connectivity index (χ4v) is 7.19. The summed E-state index contributed by atoms with van der Waals surface area (Å²) in [5, 5.41) is 8.52. The summed E-state index contributed by atoms with van der Waals surface area (Å²) < 4.78 is 9.74. The zero-order valence-corrected chi connectivity index (χ0v) is 26.8. The maximum atomic E-state index is 14.2. The van der Waals surface area contributed by atoms with Gasteiger partial charge in [-0.1, -0.05) is 60.3 Å². The highest BCUT2D eigenvalue weighted by molar-refractivity contribution is 6.37. The van der Waals surface area contributed by atoms with E-state index >= 15 is 0 Å². The number of amides is 5. The molecule has 13 nitrogen and oxygen atoms in total. The Hall–Kier alpha value is -3.38. The monoisotopic (exact) mass is 619 g/mol. The predicted molar refractivity (Wildman–Crippen MR) is 159 cm³/mol. The van der Waals surface area contributed by atoms with Gasteiger partial charge in [-0.25, -0.2) is 9.59 Å². The van der Waals surface area contributed by atoms with Gasteiger partial charge in [-0.15, -0.1) is 0 Å². The molecule has 1 heterocycles. The van der Waals surface area contributed by atoms with Gasteiger partial charge in [0.25, 0.3) is 5.91 Å². The number of primary amides is 1. The second-order valence-corrected chi connectivity index (χ2v) is 14.7. The minimum Gasteiger partial charge on any atom is -0.438 e. The number of carbonyl (C=O) groups is 6. The van der Waals surface area contributed by atoms with E-state index in [1.807, 2.05) is 34.6 Å². The van der Waals surface area contributed by atoms with Crippen LogP contribution in [0.25, 0.3) is 0 Å². The van der Waals surface area contributed by atoms with E-state index in [4.69, 9.17) is 10.5 Å². The van der Waals surface area contributed by atoms with Crippen LogP contribution in [0.15, 0.2) is 0 Å². The first-order chi connectivity index (χ1) is 20.6. The molecule has 246 valence electrons. The number of carbonyl (C=O) groups excluding carboxylic acids is 6. The number of Topliss-reactive ketones (excluding diaryl/α,β-unsaturated/α-hetero) is 1. The molecule has 5 amide bonds. The summed E-state index contributed by atoms with van der Waals surface area (Å²) >= 11 is 0. The maximum absolute atomic E-state index is 14.2. The molecule has 3 aliphatic carbocycles. The Balaban J connectivity index is 1.50. The summed E-state index contributed by atoms with van der Waals surface area (Å²) in [6, 6.07) is -3.92. The highest BCUT2D eigenvalue weighted by atomic mass is 16.7. The summed E-state index contributed by atoms with van der Waals surface area (Å²) in [5.74, 6) is -2.53. The third-order valence-electron chi connectivity index (χ3n) is 10.1. The van der Waals surface area contributed by atoms with Gasteiger partial charge in [-0.05, 0) is 53.8 Å². The number of nitrogens with two attached hydrogens (primary N) is 1. The van der Waals surface area contributed by atoms with Crippen LogP contribution in [0.3, 0.4) is 0 Å². The lowest BCUT2D eigenvalue weighted by Crippen LogP contribution is -2.62. The predicted octanol–water partition coefficient (Wildman–Crippen LogP) is 1.86. The van der Waals surface area contributed by atoms with Gasteiger partial charge in [0.2, 0.25) is 17.6 Å². The highest BCUT2D eigenvalue weighted by Gasteiger charge is 2.70. The molecule has 0 aromatic rings. The molecular weight excluding hydrogens is 570 g/mol. The van der Waals surface area contributed by atoms with Gasteiger partial charge in [0.15, 0.2) is 0 Å².